The van der Waals surface area contributed by atoms with Gasteiger partial charge in [-0.3, -0.25) is 4.79 Å². The van der Waals surface area contributed by atoms with Crippen LogP contribution in [0.3, 0.4) is 0 Å². The number of nitrogens with one attached hydrogen (secondary N) is 2. The van der Waals surface area contributed by atoms with Crippen molar-refractivity contribution in [3.05, 3.63) is 53.3 Å². The number of para-hydroxylation sites is 1. The Morgan fingerprint density at radius 1 is 1.12 bits per heavy atom. The maximum atomic E-state index is 12.4. The summed E-state index contributed by atoms with van der Waals surface area (Å²) in [6, 6.07) is 13.6. The number of amides is 1. The van der Waals surface area contributed by atoms with E-state index in [1.165, 1.54) is 42.5 Å². The summed E-state index contributed by atoms with van der Waals surface area (Å²) in [6.07, 6.45) is 0. The molecule has 0 aliphatic carbocycles. The topological polar surface area (TPSA) is 92.6 Å². The summed E-state index contributed by atoms with van der Waals surface area (Å²) < 4.78 is 27.6. The van der Waals surface area contributed by atoms with Crippen molar-refractivity contribution in [2.24, 2.45) is 12.1 Å². The van der Waals surface area contributed by atoms with E-state index >= 15 is 0 Å². The first-order valence-corrected chi connectivity index (χ1v) is 9.64. The van der Waals surface area contributed by atoms with Crippen LogP contribution in [0.4, 0.5) is 5.69 Å². The van der Waals surface area contributed by atoms with Crippen LogP contribution in [0.5, 0.6) is 0 Å². The molecule has 0 spiro atoms. The number of hydrogen-bond acceptors (Lipinski definition) is 5. The van der Waals surface area contributed by atoms with Gasteiger partial charge in [0.2, 0.25) is 10.7 Å². The smallest absolute Gasteiger partial charge is 0.276 e. The van der Waals surface area contributed by atoms with Crippen LogP contribution in [-0.4, -0.2) is 18.9 Å². The monoisotopic (exact) mass is 376 g/mol. The summed E-state index contributed by atoms with van der Waals surface area (Å²) in [7, 11) is -1.97. The van der Waals surface area contributed by atoms with Gasteiger partial charge in [0.05, 0.1) is 15.1 Å². The lowest BCUT2D eigenvalue weighted by Gasteiger charge is -2.05. The first-order valence-electron chi connectivity index (χ1n) is 7.34. The molecule has 0 unspecified atom stereocenters. The van der Waals surface area contributed by atoms with E-state index in [0.717, 1.165) is 10.2 Å². The van der Waals surface area contributed by atoms with Gasteiger partial charge in [0.25, 0.3) is 10.0 Å². The zero-order valence-electron chi connectivity index (χ0n) is 13.6. The summed E-state index contributed by atoms with van der Waals surface area (Å²) in [5.41, 5.74) is 1.50. The van der Waals surface area contributed by atoms with Gasteiger partial charge in [0.15, 0.2) is 0 Å². The minimum absolute atomic E-state index is 0.0640. The standard InChI is InChI=1S/C16H16N4O3S2/c1-11(21)17-12-7-9-13(10-8-12)25(22,23)19-18-16-20(2)14-5-3-4-6-15(14)24-16/h3-10,19H,1-2H3,(H,17,21)/b18-16-. The second kappa shape index (κ2) is 6.69. The fourth-order valence-corrected chi connectivity index (χ4v) is 4.10. The first-order chi connectivity index (χ1) is 11.9. The summed E-state index contributed by atoms with van der Waals surface area (Å²) >= 11 is 1.39. The van der Waals surface area contributed by atoms with Crippen molar-refractivity contribution >= 4 is 43.2 Å². The Bertz CT molecular complexity index is 1100. The van der Waals surface area contributed by atoms with Crippen molar-refractivity contribution in [1.82, 2.24) is 9.40 Å². The van der Waals surface area contributed by atoms with Gasteiger partial charge in [-0.25, -0.2) is 0 Å². The molecule has 130 valence electrons. The second-order valence-electron chi connectivity index (χ2n) is 5.32. The number of nitrogens with zero attached hydrogens (tertiary/aromatic N) is 2. The van der Waals surface area contributed by atoms with Crippen LogP contribution in [0.25, 0.3) is 10.2 Å². The van der Waals surface area contributed by atoms with Crippen molar-refractivity contribution in [2.75, 3.05) is 5.32 Å². The van der Waals surface area contributed by atoms with Gasteiger partial charge in [0, 0.05) is 19.7 Å². The number of carbonyl (C=O) groups is 1. The van der Waals surface area contributed by atoms with E-state index in [1.54, 1.807) is 0 Å². The maximum Gasteiger partial charge on any atom is 0.276 e. The number of anilines is 1. The Morgan fingerprint density at radius 2 is 1.80 bits per heavy atom. The molecule has 9 heteroatoms. The highest BCUT2D eigenvalue weighted by atomic mass is 32.2. The molecular weight excluding hydrogens is 360 g/mol. The second-order valence-corrected chi connectivity index (χ2v) is 7.99. The largest absolute Gasteiger partial charge is 0.326 e. The van der Waals surface area contributed by atoms with Crippen LogP contribution in [0.1, 0.15) is 6.92 Å². The third-order valence-electron chi connectivity index (χ3n) is 3.46. The number of hydrogen-bond donors (Lipinski definition) is 2. The lowest BCUT2D eigenvalue weighted by atomic mass is 10.3. The van der Waals surface area contributed by atoms with Crippen LogP contribution in [0.2, 0.25) is 0 Å². The van der Waals surface area contributed by atoms with Gasteiger partial charge < -0.3 is 9.88 Å². The lowest BCUT2D eigenvalue weighted by Crippen LogP contribution is -2.23. The molecule has 0 radical (unpaired) electrons. The van der Waals surface area contributed by atoms with Gasteiger partial charge in [-0.15, -0.1) is 5.10 Å². The number of benzene rings is 2. The predicted molar refractivity (Wildman–Crippen MR) is 97.4 cm³/mol. The Hall–Kier alpha value is -2.65. The maximum absolute atomic E-state index is 12.4. The number of fused-ring (bicyclic) bond motifs is 1. The number of aromatic nitrogens is 1. The minimum Gasteiger partial charge on any atom is -0.326 e. The molecule has 0 fully saturated rings. The van der Waals surface area contributed by atoms with Gasteiger partial charge in [-0.2, -0.15) is 13.2 Å². The van der Waals surface area contributed by atoms with E-state index in [2.05, 4.69) is 15.2 Å². The highest BCUT2D eigenvalue weighted by molar-refractivity contribution is 7.89. The molecule has 1 heterocycles. The summed E-state index contributed by atoms with van der Waals surface area (Å²) in [5.74, 6) is -0.221. The average Bonchev–Trinajstić information content (AvgIpc) is 2.90. The van der Waals surface area contributed by atoms with Gasteiger partial charge >= 0.3 is 0 Å². The molecule has 0 aliphatic heterocycles. The quantitative estimate of drug-likeness (QED) is 0.682. The van der Waals surface area contributed by atoms with E-state index in [0.29, 0.717) is 10.5 Å². The van der Waals surface area contributed by atoms with Crippen LogP contribution >= 0.6 is 11.3 Å². The number of carbonyl (C=O) groups excluding carboxylic acids is 1. The number of rotatable bonds is 4. The third-order valence-corrected chi connectivity index (χ3v) is 5.80. The SMILES string of the molecule is CC(=O)Nc1ccc(S(=O)(=O)N/N=c2\sc3ccccc3n2C)cc1. The molecule has 2 aromatic carbocycles. The van der Waals surface area contributed by atoms with Crippen LogP contribution < -0.4 is 14.9 Å². The first kappa shape index (κ1) is 17.2. The molecule has 1 amide bonds. The Kier molecular flexibility index (Phi) is 4.60. The Labute approximate surface area is 148 Å². The van der Waals surface area contributed by atoms with E-state index < -0.39 is 10.0 Å². The highest BCUT2D eigenvalue weighted by Crippen LogP contribution is 2.16. The molecule has 0 bridgehead atoms. The number of thiazole rings is 1. The fourth-order valence-electron chi connectivity index (χ4n) is 2.26. The molecule has 3 aromatic rings. The molecular formula is C16H16N4O3S2. The fraction of sp³-hybridized carbons (Fsp3) is 0.125. The van der Waals surface area contributed by atoms with Gasteiger partial charge in [-0.05, 0) is 36.4 Å². The van der Waals surface area contributed by atoms with E-state index in [-0.39, 0.29) is 10.8 Å². The molecule has 3 rings (SSSR count). The predicted octanol–water partition coefficient (Wildman–Crippen LogP) is 1.99. The molecule has 0 atom stereocenters. The number of sulfonamides is 1. The van der Waals surface area contributed by atoms with E-state index in [9.17, 15) is 13.2 Å². The molecule has 7 nitrogen and oxygen atoms in total. The average molecular weight is 376 g/mol. The van der Waals surface area contributed by atoms with Crippen molar-refractivity contribution in [2.45, 2.75) is 11.8 Å². The van der Waals surface area contributed by atoms with Crippen molar-refractivity contribution < 1.29 is 13.2 Å². The molecule has 0 aliphatic rings. The Morgan fingerprint density at radius 3 is 2.44 bits per heavy atom. The zero-order chi connectivity index (χ0) is 18.0. The van der Waals surface area contributed by atoms with E-state index in [1.807, 2.05) is 35.9 Å². The van der Waals surface area contributed by atoms with Crippen LogP contribution in [0, 0.1) is 0 Å². The normalized spacial score (nSPS) is 12.3. The van der Waals surface area contributed by atoms with Gasteiger partial charge in [0.1, 0.15) is 0 Å². The summed E-state index contributed by atoms with van der Waals surface area (Å²) in [4.78, 5) is 13.9. The highest BCUT2D eigenvalue weighted by Gasteiger charge is 2.13. The van der Waals surface area contributed by atoms with E-state index in [4.69, 9.17) is 0 Å². The number of aryl methyl sites for hydroxylation is 1. The summed E-state index contributed by atoms with van der Waals surface area (Å²) in [5, 5.41) is 6.62. The summed E-state index contributed by atoms with van der Waals surface area (Å²) in [6.45, 7) is 1.39. The third kappa shape index (κ3) is 3.72. The van der Waals surface area contributed by atoms with Crippen LogP contribution in [0.15, 0.2) is 58.5 Å². The van der Waals surface area contributed by atoms with Crippen molar-refractivity contribution in [1.29, 1.82) is 0 Å². The molecule has 0 saturated heterocycles. The molecule has 1 aromatic heterocycles. The lowest BCUT2D eigenvalue weighted by molar-refractivity contribution is -0.114. The zero-order valence-corrected chi connectivity index (χ0v) is 15.2. The molecule has 2 N–H and O–H groups in total. The van der Waals surface area contributed by atoms with Crippen LogP contribution in [-0.2, 0) is 21.9 Å². The molecule has 0 saturated carbocycles. The Balaban J connectivity index is 1.88. The van der Waals surface area contributed by atoms with Crippen molar-refractivity contribution in [3.63, 3.8) is 0 Å². The van der Waals surface area contributed by atoms with Gasteiger partial charge in [-0.1, -0.05) is 23.5 Å². The minimum atomic E-state index is -3.79. The molecule has 25 heavy (non-hydrogen) atoms. The van der Waals surface area contributed by atoms with Crippen molar-refractivity contribution in [3.8, 4) is 0 Å².